The summed E-state index contributed by atoms with van der Waals surface area (Å²) in [6, 6.07) is 33.6. The molecular formula is C93H96FN21O9. The van der Waals surface area contributed by atoms with E-state index in [9.17, 15) is 28.8 Å². The Bertz CT molecular complexity index is 6490. The van der Waals surface area contributed by atoms with Crippen molar-refractivity contribution in [2.45, 2.75) is 135 Å². The number of fused-ring (bicyclic) bond motifs is 19. The second-order valence-electron chi connectivity index (χ2n) is 35.3. The average molecular weight is 1670 g/mol. The summed E-state index contributed by atoms with van der Waals surface area (Å²) >= 11 is 0. The predicted octanol–water partition coefficient (Wildman–Crippen LogP) is 12.3. The van der Waals surface area contributed by atoms with Crippen molar-refractivity contribution in [2.75, 3.05) is 111 Å². The van der Waals surface area contributed by atoms with Crippen molar-refractivity contribution in [3.05, 3.63) is 228 Å². The van der Waals surface area contributed by atoms with E-state index in [1.807, 2.05) is 76.1 Å². The van der Waals surface area contributed by atoms with Gasteiger partial charge in [0.15, 0.2) is 41.7 Å². The summed E-state index contributed by atoms with van der Waals surface area (Å²) in [5.41, 5.74) is 15.4. The molecule has 0 unspecified atom stereocenters. The highest BCUT2D eigenvalue weighted by Gasteiger charge is 2.48. The zero-order valence-corrected chi connectivity index (χ0v) is 70.4. The first-order valence-corrected chi connectivity index (χ1v) is 42.6. The van der Waals surface area contributed by atoms with Gasteiger partial charge < -0.3 is 59.6 Å². The molecule has 30 nitrogen and oxygen atoms in total. The van der Waals surface area contributed by atoms with E-state index in [0.29, 0.717) is 156 Å². The molecular weight excluding hydrogens is 1570 g/mol. The first-order chi connectivity index (χ1) is 60.0. The minimum Gasteiger partial charge on any atom is -0.490 e. The lowest BCUT2D eigenvalue weighted by molar-refractivity contribution is -0.122. The number of benzene rings is 6. The van der Waals surface area contributed by atoms with Gasteiger partial charge in [0.2, 0.25) is 23.8 Å². The van der Waals surface area contributed by atoms with Gasteiger partial charge in [-0.25, -0.2) is 47.4 Å². The number of nitrogens with one attached hydrogen (secondary N) is 3. The molecule has 6 bridgehead atoms. The molecule has 1 saturated carbocycles. The van der Waals surface area contributed by atoms with Crippen LogP contribution in [0.4, 0.5) is 56.4 Å². The van der Waals surface area contributed by atoms with Crippen LogP contribution < -0.4 is 61.5 Å². The molecule has 31 heteroatoms. The molecule has 22 rings (SSSR count). The summed E-state index contributed by atoms with van der Waals surface area (Å²) < 4.78 is 42.6. The second kappa shape index (κ2) is 31.2. The highest BCUT2D eigenvalue weighted by molar-refractivity contribution is 6.00. The monoisotopic (exact) mass is 1670 g/mol. The molecule has 1 spiro atoms. The first-order valence-electron chi connectivity index (χ1n) is 42.6. The van der Waals surface area contributed by atoms with Crippen molar-refractivity contribution in [3.8, 4) is 34.3 Å². The lowest BCUT2D eigenvalue weighted by Crippen LogP contribution is -2.40. The minimum atomic E-state index is -0.603. The van der Waals surface area contributed by atoms with Gasteiger partial charge in [-0.05, 0) is 178 Å². The summed E-state index contributed by atoms with van der Waals surface area (Å²) in [5.74, 6) is 1.64. The molecule has 634 valence electrons. The number of likely N-dealkylation sites (N-methyl/N-ethyl adjacent to an activating group) is 3. The van der Waals surface area contributed by atoms with E-state index in [1.165, 1.54) is 63.2 Å². The minimum absolute atomic E-state index is 0.0259. The molecule has 6 aromatic heterocycles. The van der Waals surface area contributed by atoms with Crippen LogP contribution in [0.15, 0.2) is 173 Å². The topological polar surface area (TPSA) is 293 Å². The average Bonchev–Trinajstić information content (AvgIpc) is 1.58. The number of hydrogen-bond donors (Lipinski definition) is 3. The zero-order chi connectivity index (χ0) is 85.2. The Morgan fingerprint density at radius 3 is 1.33 bits per heavy atom. The molecule has 0 atom stereocenters. The van der Waals surface area contributed by atoms with Crippen LogP contribution in [-0.2, 0) is 69.9 Å². The molecule has 12 aromatic rings. The molecule has 9 aliphatic heterocycles. The third-order valence-electron chi connectivity index (χ3n) is 25.2. The Labute approximate surface area is 713 Å². The van der Waals surface area contributed by atoms with Crippen LogP contribution in [0, 0.1) is 5.82 Å². The van der Waals surface area contributed by atoms with Crippen molar-refractivity contribution in [2.24, 2.45) is 0 Å². The van der Waals surface area contributed by atoms with Crippen molar-refractivity contribution < 1.29 is 33.0 Å². The number of carbonyl (C=O) groups excluding carboxylic acids is 3. The SMILES string of the molecule is CN1Cc2cc(Nc3ncc4c(=O)n5n(c4n3)-c3cc(F)c4c(c3)N(CCCC=CC5)C(=O)CO4)ccc2C2(CC2)C1.CN1Cc2cc(Nc3ncc4c(=O)n5n(c4n3)-c3ccc4c(c3)N(CCCC=CC5)C(=O)CO4)ccc2C(C)(C)C1.CN1Cc2cc(Nc3ncc4c(=O)n5n(c4n3)-c3ccc4c(c3)N(CCO4)C(=O)CCC=CC5)ccc2C(C)(C)C1. The van der Waals surface area contributed by atoms with E-state index < -0.39 is 5.82 Å². The Kier molecular flexibility index (Phi) is 19.9. The van der Waals surface area contributed by atoms with Gasteiger partial charge >= 0.3 is 0 Å². The van der Waals surface area contributed by atoms with E-state index in [-0.39, 0.29) is 70.7 Å². The zero-order valence-electron chi connectivity index (χ0n) is 70.4. The molecule has 3 N–H and O–H groups in total. The van der Waals surface area contributed by atoms with Gasteiger partial charge in [0.1, 0.15) is 34.3 Å². The van der Waals surface area contributed by atoms with E-state index >= 15 is 4.39 Å². The van der Waals surface area contributed by atoms with Crippen LogP contribution in [0.5, 0.6) is 17.2 Å². The number of amides is 3. The molecule has 1 fully saturated rings. The van der Waals surface area contributed by atoms with Crippen LogP contribution in [-0.4, -0.2) is 171 Å². The number of halogens is 1. The number of hydrogen-bond acceptors (Lipinski definition) is 21. The lowest BCUT2D eigenvalue weighted by Gasteiger charge is -2.38. The van der Waals surface area contributed by atoms with Gasteiger partial charge in [0.25, 0.3) is 28.5 Å². The highest BCUT2D eigenvalue weighted by Crippen LogP contribution is 2.53. The van der Waals surface area contributed by atoms with Crippen LogP contribution in [0.3, 0.4) is 0 Å². The van der Waals surface area contributed by atoms with Gasteiger partial charge in [-0.3, -0.25) is 28.8 Å². The van der Waals surface area contributed by atoms with Gasteiger partial charge in [0, 0.05) is 117 Å². The Hall–Kier alpha value is -13.4. The van der Waals surface area contributed by atoms with Crippen molar-refractivity contribution in [1.82, 2.24) is 72.7 Å². The van der Waals surface area contributed by atoms with E-state index in [2.05, 4.69) is 155 Å². The number of allylic oxidation sites excluding steroid dienone is 6. The number of rotatable bonds is 6. The number of anilines is 9. The van der Waals surface area contributed by atoms with Crippen LogP contribution in [0.1, 0.15) is 112 Å². The molecule has 1 aliphatic carbocycles. The first kappa shape index (κ1) is 79.1. The standard InChI is InChI=1S/C31H30FN7O3.2C31H33N7O3/c1-36-16-19-12-20(6-7-23(19)31(18-36)8-9-31)34-30-33-15-22-28(35-30)39-21-13-24(32)27-25(14-21)37(26(40)17-42-27)10-4-2-3-5-11-38(39)29(22)41;1-31(2)19-35(3)18-20-15-21(8-10-24(20)31)33-30-32-17-23-28(34-30)38-22-9-11-26-25(16-22)36(13-14-41-26)27(39)7-5-4-6-12-37(38)29(23)40;1-31(2)19-35(3)17-20-14-21(8-10-24(20)31)33-30-32-16-23-28(34-30)38-22-9-11-26-25(15-22)36(27(39)18-41-26)12-6-4-5-7-13-37(38)29(23)40/h3,5-7,12-15H,2,4,8-11,16-18H2,1H3,(H,33,34,35);4,6,8-11,15-17H,5,7,12-14,18-19H2,1-3H3,(H,32,33,34);5,7-11,14-16H,4,6,12-13,17-19H2,1-3H3,(H,32,33,34). The molecule has 10 aliphatic rings. The van der Waals surface area contributed by atoms with Crippen molar-refractivity contribution in [1.29, 1.82) is 0 Å². The van der Waals surface area contributed by atoms with Crippen LogP contribution in [0.2, 0.25) is 0 Å². The fraction of sp³-hybridized carbons (Fsp3) is 0.355. The van der Waals surface area contributed by atoms with Crippen molar-refractivity contribution in [3.63, 3.8) is 0 Å². The third kappa shape index (κ3) is 14.5. The number of ether oxygens (including phenoxy) is 3. The van der Waals surface area contributed by atoms with Gasteiger partial charge in [-0.1, -0.05) is 82.4 Å². The largest absolute Gasteiger partial charge is 0.490 e. The van der Waals surface area contributed by atoms with Crippen LogP contribution >= 0.6 is 0 Å². The van der Waals surface area contributed by atoms with Crippen LogP contribution in [0.25, 0.3) is 50.2 Å². The molecule has 0 saturated heterocycles. The summed E-state index contributed by atoms with van der Waals surface area (Å²) in [6.07, 6.45) is 23.0. The maximum Gasteiger partial charge on any atom is 0.278 e. The fourth-order valence-electron chi connectivity index (χ4n) is 19.7. The number of aromatic nitrogens is 12. The molecule has 124 heavy (non-hydrogen) atoms. The van der Waals surface area contributed by atoms with Crippen molar-refractivity contribution >= 4 is 103 Å². The van der Waals surface area contributed by atoms with Gasteiger partial charge in [0.05, 0.1) is 60.3 Å². The maximum absolute atomic E-state index is 15.5. The molecule has 6 aromatic carbocycles. The molecule has 15 heterocycles. The van der Waals surface area contributed by atoms with Gasteiger partial charge in [-0.2, -0.15) is 15.0 Å². The Morgan fingerprint density at radius 2 is 0.839 bits per heavy atom. The lowest BCUT2D eigenvalue weighted by atomic mass is 9.78. The predicted molar refractivity (Wildman–Crippen MR) is 473 cm³/mol. The number of carbonyl (C=O) groups is 3. The summed E-state index contributed by atoms with van der Waals surface area (Å²) in [6.45, 7) is 17.7. The Balaban J connectivity index is 0.000000118. The van der Waals surface area contributed by atoms with E-state index in [1.54, 1.807) is 47.2 Å². The highest BCUT2D eigenvalue weighted by atomic mass is 19.1. The maximum atomic E-state index is 15.5. The summed E-state index contributed by atoms with van der Waals surface area (Å²) in [5, 5.41) is 11.2. The smallest absolute Gasteiger partial charge is 0.278 e. The second-order valence-corrected chi connectivity index (χ2v) is 35.3. The third-order valence-corrected chi connectivity index (χ3v) is 25.2. The van der Waals surface area contributed by atoms with E-state index in [4.69, 9.17) is 29.2 Å². The fourth-order valence-corrected chi connectivity index (χ4v) is 19.7. The molecule has 3 amide bonds. The van der Waals surface area contributed by atoms with E-state index in [0.717, 1.165) is 80.5 Å². The summed E-state index contributed by atoms with van der Waals surface area (Å²) in [4.78, 5) is 119. The summed E-state index contributed by atoms with van der Waals surface area (Å²) in [7, 11) is 6.45. The van der Waals surface area contributed by atoms with Gasteiger partial charge in [-0.15, -0.1) is 0 Å². The normalized spacial score (nSPS) is 18.5. The number of nitrogens with zero attached hydrogens (tertiary/aromatic N) is 18. The molecule has 0 radical (unpaired) electrons. The quantitative estimate of drug-likeness (QED) is 0.130. The Morgan fingerprint density at radius 1 is 0.419 bits per heavy atom.